The Hall–Kier alpha value is -3.02. The number of rotatable bonds is 1. The lowest BCUT2D eigenvalue weighted by Gasteiger charge is -2.10. The van der Waals surface area contributed by atoms with Gasteiger partial charge in [0, 0.05) is 0 Å². The minimum atomic E-state index is -4.64. The maximum atomic E-state index is 13.3. The first-order chi connectivity index (χ1) is 11.9. The maximum absolute atomic E-state index is 13.3. The molecule has 0 radical (unpaired) electrons. The Balaban J connectivity index is 2.16. The molecule has 0 aliphatic heterocycles. The minimum absolute atomic E-state index is 0.0832. The van der Waals surface area contributed by atoms with Gasteiger partial charge in [0.25, 0.3) is 0 Å². The molecule has 4 aromatic rings. The molecule has 0 atom stereocenters. The van der Waals surface area contributed by atoms with Crippen molar-refractivity contribution in [3.05, 3.63) is 64.3 Å². The summed E-state index contributed by atoms with van der Waals surface area (Å²) >= 11 is 0. The van der Waals surface area contributed by atoms with E-state index in [4.69, 9.17) is 9.15 Å². The quantitative estimate of drug-likeness (QED) is 0.450. The molecule has 25 heavy (non-hydrogen) atoms. The van der Waals surface area contributed by atoms with Gasteiger partial charge in [-0.05, 0) is 47.2 Å². The fourth-order valence-corrected chi connectivity index (χ4v) is 2.98. The van der Waals surface area contributed by atoms with E-state index in [0.29, 0.717) is 11.1 Å². The summed E-state index contributed by atoms with van der Waals surface area (Å²) in [5, 5.41) is 1.13. The van der Waals surface area contributed by atoms with Crippen molar-refractivity contribution in [2.75, 3.05) is 7.11 Å². The molecule has 6 heteroatoms. The fraction of sp³-hybridized carbons (Fsp3) is 0.105. The predicted molar refractivity (Wildman–Crippen MR) is 89.1 cm³/mol. The number of alkyl halides is 3. The van der Waals surface area contributed by atoms with Gasteiger partial charge in [0.05, 0.1) is 23.4 Å². The van der Waals surface area contributed by atoms with Crippen molar-refractivity contribution < 1.29 is 22.3 Å². The molecule has 1 heterocycles. The van der Waals surface area contributed by atoms with Crippen molar-refractivity contribution >= 4 is 32.7 Å². The second-order valence-corrected chi connectivity index (χ2v) is 5.67. The van der Waals surface area contributed by atoms with Gasteiger partial charge >= 0.3 is 6.18 Å². The first-order valence-corrected chi connectivity index (χ1v) is 7.43. The zero-order valence-electron chi connectivity index (χ0n) is 13.0. The lowest BCUT2D eigenvalue weighted by Crippen LogP contribution is -2.12. The van der Waals surface area contributed by atoms with Gasteiger partial charge in [-0.1, -0.05) is 12.1 Å². The van der Waals surface area contributed by atoms with Gasteiger partial charge in [-0.25, -0.2) is 0 Å². The van der Waals surface area contributed by atoms with E-state index in [-0.39, 0.29) is 16.6 Å². The van der Waals surface area contributed by atoms with Crippen molar-refractivity contribution in [2.24, 2.45) is 0 Å². The third-order valence-electron chi connectivity index (χ3n) is 4.17. The van der Waals surface area contributed by atoms with Gasteiger partial charge in [-0.3, -0.25) is 4.79 Å². The molecule has 0 amide bonds. The van der Waals surface area contributed by atoms with E-state index in [1.807, 2.05) is 0 Å². The SMILES string of the molecule is COc1ccc2cc3oc4cccc(C(F)(F)F)c4c(=O)c3cc2c1. The maximum Gasteiger partial charge on any atom is 0.417 e. The Kier molecular flexibility index (Phi) is 3.25. The number of benzene rings is 3. The summed E-state index contributed by atoms with van der Waals surface area (Å²) in [6, 6.07) is 11.9. The summed E-state index contributed by atoms with van der Waals surface area (Å²) in [4.78, 5) is 12.8. The van der Waals surface area contributed by atoms with E-state index in [9.17, 15) is 18.0 Å². The Labute approximate surface area is 139 Å². The van der Waals surface area contributed by atoms with Gasteiger partial charge in [0.1, 0.15) is 16.9 Å². The van der Waals surface area contributed by atoms with Crippen LogP contribution in [0.25, 0.3) is 32.7 Å². The Bertz CT molecular complexity index is 1190. The average molecular weight is 344 g/mol. The number of hydrogen-bond acceptors (Lipinski definition) is 3. The number of hydrogen-bond donors (Lipinski definition) is 0. The summed E-state index contributed by atoms with van der Waals surface area (Å²) in [5.41, 5.74) is -1.53. The first kappa shape index (κ1) is 15.5. The highest BCUT2D eigenvalue weighted by Gasteiger charge is 2.34. The molecule has 0 aliphatic carbocycles. The molecule has 0 bridgehead atoms. The van der Waals surface area contributed by atoms with Crippen molar-refractivity contribution in [2.45, 2.75) is 6.18 Å². The number of fused-ring (bicyclic) bond motifs is 3. The van der Waals surface area contributed by atoms with Crippen LogP contribution in [0.15, 0.2) is 57.7 Å². The van der Waals surface area contributed by atoms with Gasteiger partial charge < -0.3 is 9.15 Å². The second kappa shape index (κ2) is 5.24. The van der Waals surface area contributed by atoms with E-state index in [0.717, 1.165) is 11.5 Å². The molecule has 1 aromatic heterocycles. The number of ether oxygens (including phenoxy) is 1. The Morgan fingerprint density at radius 1 is 0.960 bits per heavy atom. The molecule has 126 valence electrons. The molecule has 0 spiro atoms. The Morgan fingerprint density at radius 3 is 2.48 bits per heavy atom. The minimum Gasteiger partial charge on any atom is -0.497 e. The van der Waals surface area contributed by atoms with Crippen LogP contribution in [0.5, 0.6) is 5.75 Å². The van der Waals surface area contributed by atoms with E-state index in [2.05, 4.69) is 0 Å². The van der Waals surface area contributed by atoms with Gasteiger partial charge in [0.2, 0.25) is 5.43 Å². The van der Waals surface area contributed by atoms with E-state index >= 15 is 0 Å². The molecule has 3 nitrogen and oxygen atoms in total. The number of halogens is 3. The van der Waals surface area contributed by atoms with Crippen LogP contribution in [0.2, 0.25) is 0 Å². The van der Waals surface area contributed by atoms with Crippen LogP contribution < -0.4 is 10.2 Å². The zero-order valence-corrected chi connectivity index (χ0v) is 13.0. The molecule has 3 aromatic carbocycles. The van der Waals surface area contributed by atoms with Crippen LogP contribution in [-0.4, -0.2) is 7.11 Å². The molecule has 0 fully saturated rings. The third-order valence-corrected chi connectivity index (χ3v) is 4.17. The molecular weight excluding hydrogens is 333 g/mol. The molecule has 4 rings (SSSR count). The highest BCUT2D eigenvalue weighted by Crippen LogP contribution is 2.35. The standard InChI is InChI=1S/C19H11F3O3/c1-24-12-6-5-10-9-16-13(8-11(10)7-12)18(23)17-14(19(20,21)22)3-2-4-15(17)25-16/h2-9H,1H3. The van der Waals surface area contributed by atoms with Crippen molar-refractivity contribution in [1.29, 1.82) is 0 Å². The van der Waals surface area contributed by atoms with Crippen molar-refractivity contribution in [3.63, 3.8) is 0 Å². The van der Waals surface area contributed by atoms with Crippen molar-refractivity contribution in [3.8, 4) is 5.75 Å². The summed E-state index contributed by atoms with van der Waals surface area (Å²) in [6.07, 6.45) is -4.64. The topological polar surface area (TPSA) is 39.4 Å². The van der Waals surface area contributed by atoms with Gasteiger partial charge in [-0.2, -0.15) is 13.2 Å². The van der Waals surface area contributed by atoms with Crippen LogP contribution >= 0.6 is 0 Å². The summed E-state index contributed by atoms with van der Waals surface area (Å²) in [5.74, 6) is 0.591. The zero-order chi connectivity index (χ0) is 17.8. The van der Waals surface area contributed by atoms with Gasteiger partial charge in [0.15, 0.2) is 0 Å². The van der Waals surface area contributed by atoms with Crippen LogP contribution in [0, 0.1) is 0 Å². The molecule has 0 saturated heterocycles. The highest BCUT2D eigenvalue weighted by molar-refractivity contribution is 6.00. The van der Waals surface area contributed by atoms with E-state index in [1.165, 1.54) is 25.3 Å². The largest absolute Gasteiger partial charge is 0.497 e. The lowest BCUT2D eigenvalue weighted by molar-refractivity contribution is -0.136. The van der Waals surface area contributed by atoms with Crippen molar-refractivity contribution in [1.82, 2.24) is 0 Å². The van der Waals surface area contributed by atoms with E-state index in [1.54, 1.807) is 24.3 Å². The van der Waals surface area contributed by atoms with Crippen LogP contribution in [0.1, 0.15) is 5.56 Å². The monoisotopic (exact) mass is 344 g/mol. The molecule has 0 unspecified atom stereocenters. The second-order valence-electron chi connectivity index (χ2n) is 5.67. The molecule has 0 aliphatic rings. The van der Waals surface area contributed by atoms with Crippen LogP contribution in [0.4, 0.5) is 13.2 Å². The summed E-state index contributed by atoms with van der Waals surface area (Å²) in [6.45, 7) is 0. The van der Waals surface area contributed by atoms with E-state index < -0.39 is 22.6 Å². The normalized spacial score (nSPS) is 12.2. The van der Waals surface area contributed by atoms with Crippen LogP contribution in [0.3, 0.4) is 0 Å². The number of methoxy groups -OCH3 is 1. The summed E-state index contributed by atoms with van der Waals surface area (Å²) < 4.78 is 50.5. The van der Waals surface area contributed by atoms with Gasteiger partial charge in [-0.15, -0.1) is 0 Å². The molecule has 0 saturated carbocycles. The summed E-state index contributed by atoms with van der Waals surface area (Å²) in [7, 11) is 1.51. The molecular formula is C19H11F3O3. The molecule has 0 N–H and O–H groups in total. The lowest BCUT2D eigenvalue weighted by atomic mass is 10.0. The van der Waals surface area contributed by atoms with Crippen LogP contribution in [-0.2, 0) is 6.18 Å². The third kappa shape index (κ3) is 2.41. The first-order valence-electron chi connectivity index (χ1n) is 7.43. The average Bonchev–Trinajstić information content (AvgIpc) is 2.59. The fourth-order valence-electron chi connectivity index (χ4n) is 2.98. The predicted octanol–water partition coefficient (Wildman–Crippen LogP) is 5.13. The smallest absolute Gasteiger partial charge is 0.417 e. The Morgan fingerprint density at radius 2 is 1.76 bits per heavy atom. The highest BCUT2D eigenvalue weighted by atomic mass is 19.4.